The highest BCUT2D eigenvalue weighted by atomic mass is 32.2. The molecule has 0 amide bonds. The van der Waals surface area contributed by atoms with Crippen LogP contribution in [0.15, 0.2) is 132 Å². The van der Waals surface area contributed by atoms with Gasteiger partial charge in [-0.15, -0.1) is 141 Å². The highest BCUT2D eigenvalue weighted by molar-refractivity contribution is 8.05. The van der Waals surface area contributed by atoms with Crippen molar-refractivity contribution in [2.24, 2.45) is 0 Å². The maximum atomic E-state index is 5.73. The molecule has 9 rings (SSSR count). The van der Waals surface area contributed by atoms with E-state index in [-0.39, 0.29) is 0 Å². The van der Waals surface area contributed by atoms with Gasteiger partial charge in [-0.3, -0.25) is 0 Å². The van der Waals surface area contributed by atoms with E-state index in [1.165, 1.54) is 58.7 Å². The van der Waals surface area contributed by atoms with E-state index >= 15 is 0 Å². The molecule has 72 heavy (non-hydrogen) atoms. The quantitative estimate of drug-likeness (QED) is 0.0903. The van der Waals surface area contributed by atoms with Crippen molar-refractivity contribution in [3.05, 3.63) is 95.6 Å². The molecular formula is C56H54N4S12. The largest absolute Gasteiger partial charge is 0.354 e. The zero-order valence-corrected chi connectivity index (χ0v) is 51.8. The van der Waals surface area contributed by atoms with Crippen molar-refractivity contribution >= 4 is 188 Å². The molecular weight excluding hydrogens is 1110 g/mol. The first kappa shape index (κ1) is 54.5. The molecule has 3 aromatic heterocycles. The number of hydrogen-bond donors (Lipinski definition) is 2. The smallest absolute Gasteiger partial charge is 0.0737 e. The monoisotopic (exact) mass is 1170 g/mol. The number of H-pyrrole nitrogens is 2. The van der Waals surface area contributed by atoms with Crippen molar-refractivity contribution in [1.29, 1.82) is 0 Å². The van der Waals surface area contributed by atoms with Gasteiger partial charge < -0.3 is 9.97 Å². The van der Waals surface area contributed by atoms with Gasteiger partial charge in [-0.25, -0.2) is 9.97 Å². The Morgan fingerprint density at radius 3 is 0.597 bits per heavy atom. The first-order valence-corrected chi connectivity index (χ1v) is 37.2. The molecule has 0 saturated heterocycles. The van der Waals surface area contributed by atoms with Gasteiger partial charge in [-0.2, -0.15) is 0 Å². The highest BCUT2D eigenvalue weighted by Crippen LogP contribution is 2.48. The Bertz CT molecular complexity index is 2940. The average Bonchev–Trinajstić information content (AvgIpc) is 4.28. The topological polar surface area (TPSA) is 57.4 Å². The minimum absolute atomic E-state index is 0.908. The molecule has 370 valence electrons. The molecule has 8 bridgehead atoms. The molecule has 0 fully saturated rings. The van der Waals surface area contributed by atoms with Crippen LogP contribution in [0.1, 0.15) is 22.8 Å². The van der Waals surface area contributed by atoms with Crippen LogP contribution in [0.5, 0.6) is 0 Å². The lowest BCUT2D eigenvalue weighted by Crippen LogP contribution is -1.93. The molecule has 7 aromatic rings. The average molecular weight is 1170 g/mol. The summed E-state index contributed by atoms with van der Waals surface area (Å²) in [7, 11) is 0. The Kier molecular flexibility index (Phi) is 18.4. The maximum Gasteiger partial charge on any atom is 0.0737 e. The van der Waals surface area contributed by atoms with Crippen LogP contribution in [0.25, 0.3) is 90.9 Å². The fraction of sp³-hybridized carbons (Fsp3) is 0.214. The second kappa shape index (κ2) is 24.3. The van der Waals surface area contributed by atoms with Crippen molar-refractivity contribution in [1.82, 2.24) is 19.9 Å². The number of aromatic nitrogens is 4. The van der Waals surface area contributed by atoms with Gasteiger partial charge in [0.2, 0.25) is 0 Å². The standard InChI is InChI=1S/C56H54N4S12/c1-61-41-21-29(22-42(62-2)53(41)69-9)49-33-13-15-35(57-33)50(30-23-43(63-3)54(70-10)44(24-30)64-4)37-17-19-39(59-37)52(32-27-47(67-7)56(72-12)48(28-32)68-8)40-20-18-38(60-40)51(36-16-14-34(49)58-36)31-25-45(65-5)55(71-11)46(26-31)66-6/h13-28,57,60H,1-12H3. The number of rotatable bonds is 16. The lowest BCUT2D eigenvalue weighted by molar-refractivity contribution is 1.12. The normalized spacial score (nSPS) is 12.2. The summed E-state index contributed by atoms with van der Waals surface area (Å²) in [6.45, 7) is 0. The van der Waals surface area contributed by atoms with Gasteiger partial charge in [0.1, 0.15) is 0 Å². The van der Waals surface area contributed by atoms with Crippen molar-refractivity contribution in [3.8, 4) is 44.5 Å². The van der Waals surface area contributed by atoms with E-state index in [9.17, 15) is 0 Å². The van der Waals surface area contributed by atoms with E-state index in [1.54, 1.807) is 94.1 Å². The summed E-state index contributed by atoms with van der Waals surface area (Å²) in [6, 6.07) is 27.9. The third-order valence-corrected chi connectivity index (χ3v) is 23.1. The third kappa shape index (κ3) is 10.5. The number of aromatic amines is 2. The van der Waals surface area contributed by atoms with Gasteiger partial charge in [0.05, 0.1) is 22.8 Å². The van der Waals surface area contributed by atoms with Crippen LogP contribution in [0.2, 0.25) is 0 Å². The first-order valence-electron chi connectivity index (χ1n) is 22.5. The molecule has 5 heterocycles. The summed E-state index contributed by atoms with van der Waals surface area (Å²) < 4.78 is 0. The number of hydrogen-bond acceptors (Lipinski definition) is 14. The molecule has 0 unspecified atom stereocenters. The molecule has 2 aliphatic rings. The van der Waals surface area contributed by atoms with Crippen molar-refractivity contribution in [2.45, 2.75) is 58.7 Å². The van der Waals surface area contributed by atoms with E-state index in [0.29, 0.717) is 0 Å². The summed E-state index contributed by atoms with van der Waals surface area (Å²) in [5, 5.41) is 0. The predicted molar refractivity (Wildman–Crippen MR) is 342 cm³/mol. The van der Waals surface area contributed by atoms with Crippen LogP contribution < -0.4 is 0 Å². The second-order valence-corrected chi connectivity index (χ2v) is 26.2. The van der Waals surface area contributed by atoms with Gasteiger partial charge in [-0.1, -0.05) is 0 Å². The molecule has 2 N–H and O–H groups in total. The van der Waals surface area contributed by atoms with E-state index in [1.807, 2.05) is 47.0 Å². The third-order valence-electron chi connectivity index (χ3n) is 12.6. The van der Waals surface area contributed by atoms with Gasteiger partial charge in [0.15, 0.2) is 0 Å². The highest BCUT2D eigenvalue weighted by Gasteiger charge is 2.24. The van der Waals surface area contributed by atoms with Crippen LogP contribution in [0, 0.1) is 0 Å². The van der Waals surface area contributed by atoms with Crippen LogP contribution in [0.4, 0.5) is 0 Å². The summed E-state index contributed by atoms with van der Waals surface area (Å²) >= 11 is 21.6. The maximum absolute atomic E-state index is 5.73. The van der Waals surface area contributed by atoms with Crippen LogP contribution in [0.3, 0.4) is 0 Å². The number of fused-ring (bicyclic) bond motifs is 8. The van der Waals surface area contributed by atoms with Crippen LogP contribution >= 0.6 is 141 Å². The summed E-state index contributed by atoms with van der Waals surface area (Å²) in [4.78, 5) is 34.8. The second-order valence-electron chi connectivity index (χ2n) is 16.2. The molecule has 0 aliphatic carbocycles. The molecule has 0 atom stereocenters. The Hall–Kier alpha value is -2.32. The predicted octanol–water partition coefficient (Wildman–Crippen LogP) is 20.0. The fourth-order valence-electron chi connectivity index (χ4n) is 9.32. The zero-order valence-electron chi connectivity index (χ0n) is 42.0. The van der Waals surface area contributed by atoms with E-state index in [0.717, 1.165) is 89.4 Å². The summed E-state index contributed by atoms with van der Waals surface area (Å²) in [5.74, 6) is 0. The minimum Gasteiger partial charge on any atom is -0.354 e. The minimum atomic E-state index is 0.908. The van der Waals surface area contributed by atoms with E-state index in [4.69, 9.17) is 9.97 Å². The molecule has 0 spiro atoms. The van der Waals surface area contributed by atoms with Gasteiger partial charge in [0, 0.05) is 103 Å². The van der Waals surface area contributed by atoms with Crippen molar-refractivity contribution in [2.75, 3.05) is 75.1 Å². The number of nitrogens with zero attached hydrogens (tertiary/aromatic N) is 2. The summed E-state index contributed by atoms with van der Waals surface area (Å²) in [6.07, 6.45) is 35.0. The molecule has 16 heteroatoms. The summed E-state index contributed by atoms with van der Waals surface area (Å²) in [5.41, 5.74) is 16.3. The number of nitrogens with one attached hydrogen (secondary N) is 2. The van der Waals surface area contributed by atoms with Crippen LogP contribution in [-0.4, -0.2) is 95.0 Å². The lowest BCUT2D eigenvalue weighted by atomic mass is 10.0. The van der Waals surface area contributed by atoms with Crippen molar-refractivity contribution in [3.63, 3.8) is 0 Å². The van der Waals surface area contributed by atoms with Gasteiger partial charge >= 0.3 is 0 Å². The first-order chi connectivity index (χ1) is 35.1. The van der Waals surface area contributed by atoms with Crippen LogP contribution in [-0.2, 0) is 0 Å². The lowest BCUT2D eigenvalue weighted by Gasteiger charge is -2.15. The SMILES string of the molecule is CSc1cc(-c2c3nc(c(-c4cc(SC)c(SC)c(SC)c4)c4ccc([nH]4)c(-c4cc(SC)c(SC)c(SC)c4)c4nc(c(-c5cc(SC)c(SC)c(SC)c5)c5ccc2[nH]5)C=C4)C=C3)cc(SC)c1SC. The molecule has 4 nitrogen and oxygen atoms in total. The molecule has 4 aromatic carbocycles. The number of thioether (sulfide) groups is 12. The fourth-order valence-corrected chi connectivity index (χ4v) is 20.0. The zero-order chi connectivity index (χ0) is 50.8. The van der Waals surface area contributed by atoms with Gasteiger partial charge in [0.25, 0.3) is 0 Å². The Morgan fingerprint density at radius 2 is 0.444 bits per heavy atom. The Morgan fingerprint density at radius 1 is 0.264 bits per heavy atom. The van der Waals surface area contributed by atoms with Gasteiger partial charge in [-0.05, 0) is 194 Å². The number of benzene rings is 4. The van der Waals surface area contributed by atoms with Crippen molar-refractivity contribution < 1.29 is 0 Å². The molecule has 2 aliphatic heterocycles. The van der Waals surface area contributed by atoms with E-state index in [2.05, 4.69) is 182 Å². The van der Waals surface area contributed by atoms with E-state index < -0.39 is 0 Å². The Balaban J connectivity index is 1.52. The Labute approximate surface area is 476 Å². The molecule has 0 radical (unpaired) electrons. The molecule has 0 saturated carbocycles.